The smallest absolute Gasteiger partial charge is 0.338 e. The minimum atomic E-state index is -0.521. The summed E-state index contributed by atoms with van der Waals surface area (Å²) in [6.45, 7) is 2.22. The molecular weight excluding hydrogens is 538 g/mol. The third-order valence-corrected chi connectivity index (χ3v) is 6.15. The third-order valence-electron chi connectivity index (χ3n) is 4.67. The molecule has 0 aliphatic carbocycles. The van der Waals surface area contributed by atoms with Crippen LogP contribution in [0.1, 0.15) is 33.2 Å². The summed E-state index contributed by atoms with van der Waals surface area (Å²) in [5, 5.41) is 4.30. The fourth-order valence-electron chi connectivity index (χ4n) is 3.00. The van der Waals surface area contributed by atoms with Gasteiger partial charge in [-0.25, -0.2) is 4.79 Å². The molecule has 176 valence electrons. The van der Waals surface area contributed by atoms with E-state index in [0.29, 0.717) is 26.3 Å². The van der Waals surface area contributed by atoms with Crippen molar-refractivity contribution in [1.29, 1.82) is 0 Å². The van der Waals surface area contributed by atoms with Crippen LogP contribution in [-0.4, -0.2) is 23.6 Å². The van der Waals surface area contributed by atoms with Crippen molar-refractivity contribution in [2.45, 2.75) is 13.5 Å². The number of carbonyl (C=O) groups is 2. The van der Waals surface area contributed by atoms with Gasteiger partial charge in [0.15, 0.2) is 5.11 Å². The van der Waals surface area contributed by atoms with Gasteiger partial charge in [0.25, 0.3) is 5.91 Å². The van der Waals surface area contributed by atoms with E-state index in [1.807, 2.05) is 0 Å². The first-order chi connectivity index (χ1) is 16.2. The molecule has 0 aliphatic heterocycles. The minimum Gasteiger partial charge on any atom is -0.462 e. The van der Waals surface area contributed by atoms with Crippen molar-refractivity contribution in [2.24, 2.45) is 0 Å². The van der Waals surface area contributed by atoms with Gasteiger partial charge in [-0.1, -0.05) is 52.5 Å². The van der Waals surface area contributed by atoms with Gasteiger partial charge in [-0.3, -0.25) is 10.1 Å². The number of halogens is 4. The Balaban J connectivity index is 1.92. The predicted molar refractivity (Wildman–Crippen MR) is 142 cm³/mol. The topological polar surface area (TPSA) is 58.6 Å². The second-order valence-electron chi connectivity index (χ2n) is 6.97. The number of esters is 1. The Morgan fingerprint density at radius 1 is 0.912 bits per heavy atom. The molecule has 0 aromatic heterocycles. The number of nitrogens with zero attached hydrogens (tertiary/aromatic N) is 1. The van der Waals surface area contributed by atoms with Crippen LogP contribution in [0.5, 0.6) is 0 Å². The zero-order chi connectivity index (χ0) is 24.8. The number of carbonyl (C=O) groups excluding carboxylic acids is 2. The number of thiocarbonyl (C=S) groups is 1. The van der Waals surface area contributed by atoms with Crippen molar-refractivity contribution in [3.63, 3.8) is 0 Å². The molecule has 0 unspecified atom stereocenters. The number of nitrogens with one attached hydrogen (secondary N) is 1. The van der Waals surface area contributed by atoms with E-state index in [2.05, 4.69) is 5.32 Å². The predicted octanol–water partition coefficient (Wildman–Crippen LogP) is 7.20. The zero-order valence-corrected chi connectivity index (χ0v) is 21.6. The fraction of sp³-hybridized carbons (Fsp3) is 0.125. The van der Waals surface area contributed by atoms with Crippen LogP contribution in [0, 0.1) is 0 Å². The highest BCUT2D eigenvalue weighted by molar-refractivity contribution is 7.80. The van der Waals surface area contributed by atoms with Gasteiger partial charge in [-0.2, -0.15) is 0 Å². The first-order valence-electron chi connectivity index (χ1n) is 9.98. The molecule has 0 aliphatic rings. The maximum Gasteiger partial charge on any atom is 0.338 e. The molecule has 0 fully saturated rings. The Kier molecular flexibility index (Phi) is 9.17. The van der Waals surface area contributed by atoms with Gasteiger partial charge in [0.1, 0.15) is 0 Å². The highest BCUT2D eigenvalue weighted by atomic mass is 35.5. The Bertz CT molecular complexity index is 1240. The number of anilines is 1. The first-order valence-corrected chi connectivity index (χ1v) is 11.9. The van der Waals surface area contributed by atoms with Crippen LogP contribution in [0.4, 0.5) is 5.69 Å². The van der Waals surface area contributed by atoms with Crippen molar-refractivity contribution in [3.05, 3.63) is 97.4 Å². The monoisotopic (exact) mass is 554 g/mol. The average Bonchev–Trinajstić information content (AvgIpc) is 2.80. The van der Waals surface area contributed by atoms with Crippen LogP contribution in [0.3, 0.4) is 0 Å². The van der Waals surface area contributed by atoms with E-state index in [0.717, 1.165) is 5.56 Å². The summed E-state index contributed by atoms with van der Waals surface area (Å²) >= 11 is 30.1. The van der Waals surface area contributed by atoms with Gasteiger partial charge in [0.05, 0.1) is 29.3 Å². The molecule has 0 saturated heterocycles. The Morgan fingerprint density at radius 2 is 1.56 bits per heavy atom. The van der Waals surface area contributed by atoms with Gasteiger partial charge in [-0.15, -0.1) is 0 Å². The standard InChI is InChI=1S/C24H18Cl4N2O3S/c1-2-33-23(32)14-4-8-18(9-5-14)30(13-15-3-6-17(26)12-21(15)28)24(34)29-22(31)19-11-16(25)7-10-20(19)27/h3-12H,2,13H2,1H3,(H,29,31,34). The van der Waals surface area contributed by atoms with E-state index in [1.54, 1.807) is 60.4 Å². The van der Waals surface area contributed by atoms with Gasteiger partial charge < -0.3 is 9.64 Å². The quantitative estimate of drug-likeness (QED) is 0.257. The summed E-state index contributed by atoms with van der Waals surface area (Å²) in [5.74, 6) is -0.958. The van der Waals surface area contributed by atoms with E-state index >= 15 is 0 Å². The fourth-order valence-corrected chi connectivity index (χ4v) is 4.10. The van der Waals surface area contributed by atoms with Crippen molar-refractivity contribution >= 4 is 81.3 Å². The van der Waals surface area contributed by atoms with Crippen LogP contribution < -0.4 is 10.2 Å². The normalized spacial score (nSPS) is 10.5. The summed E-state index contributed by atoms with van der Waals surface area (Å²) in [5.41, 5.74) is 1.90. The van der Waals surface area contributed by atoms with Crippen molar-refractivity contribution in [3.8, 4) is 0 Å². The number of ether oxygens (including phenoxy) is 1. The molecular formula is C24H18Cl4N2O3S. The van der Waals surface area contributed by atoms with Crippen LogP contribution >= 0.6 is 58.6 Å². The molecule has 0 saturated carbocycles. The third kappa shape index (κ3) is 6.62. The van der Waals surface area contributed by atoms with E-state index in [4.69, 9.17) is 63.4 Å². The van der Waals surface area contributed by atoms with E-state index in [-0.39, 0.29) is 28.9 Å². The Labute approximate surface area is 222 Å². The van der Waals surface area contributed by atoms with Gasteiger partial charge >= 0.3 is 5.97 Å². The molecule has 1 amide bonds. The van der Waals surface area contributed by atoms with Gasteiger partial charge in [-0.05, 0) is 79.3 Å². The molecule has 0 radical (unpaired) electrons. The molecule has 3 rings (SSSR count). The maximum atomic E-state index is 12.9. The Morgan fingerprint density at radius 3 is 2.21 bits per heavy atom. The molecule has 3 aromatic carbocycles. The lowest BCUT2D eigenvalue weighted by Crippen LogP contribution is -2.42. The lowest BCUT2D eigenvalue weighted by molar-refractivity contribution is 0.0526. The number of benzene rings is 3. The van der Waals surface area contributed by atoms with E-state index < -0.39 is 11.9 Å². The summed E-state index contributed by atoms with van der Waals surface area (Å²) in [4.78, 5) is 26.5. The molecule has 0 heterocycles. The average molecular weight is 556 g/mol. The maximum absolute atomic E-state index is 12.9. The van der Waals surface area contributed by atoms with E-state index in [9.17, 15) is 9.59 Å². The lowest BCUT2D eigenvalue weighted by Gasteiger charge is -2.26. The summed E-state index contributed by atoms with van der Waals surface area (Å²) in [6, 6.07) is 16.3. The molecule has 0 bridgehead atoms. The summed E-state index contributed by atoms with van der Waals surface area (Å²) < 4.78 is 5.03. The molecule has 5 nitrogen and oxygen atoms in total. The SMILES string of the molecule is CCOC(=O)c1ccc(N(Cc2ccc(Cl)cc2Cl)C(=S)NC(=O)c2cc(Cl)ccc2Cl)cc1. The molecule has 1 N–H and O–H groups in total. The molecule has 34 heavy (non-hydrogen) atoms. The second kappa shape index (κ2) is 11.9. The van der Waals surface area contributed by atoms with Crippen molar-refractivity contribution in [1.82, 2.24) is 5.32 Å². The van der Waals surface area contributed by atoms with Crippen LogP contribution in [0.2, 0.25) is 20.1 Å². The van der Waals surface area contributed by atoms with Crippen LogP contribution in [0.25, 0.3) is 0 Å². The second-order valence-corrected chi connectivity index (χ2v) is 9.05. The first kappa shape index (κ1) is 26.3. The molecule has 3 aromatic rings. The molecule has 0 atom stereocenters. The van der Waals surface area contributed by atoms with Crippen LogP contribution in [-0.2, 0) is 11.3 Å². The van der Waals surface area contributed by atoms with E-state index in [1.165, 1.54) is 12.1 Å². The lowest BCUT2D eigenvalue weighted by atomic mass is 10.1. The van der Waals surface area contributed by atoms with Gasteiger partial charge in [0.2, 0.25) is 0 Å². The summed E-state index contributed by atoms with van der Waals surface area (Å²) in [6.07, 6.45) is 0. The van der Waals surface area contributed by atoms with Gasteiger partial charge in [0, 0.05) is 20.8 Å². The summed E-state index contributed by atoms with van der Waals surface area (Å²) in [7, 11) is 0. The molecule has 0 spiro atoms. The number of rotatable bonds is 6. The molecule has 10 heteroatoms. The number of hydrogen-bond acceptors (Lipinski definition) is 4. The number of amides is 1. The largest absolute Gasteiger partial charge is 0.462 e. The van der Waals surface area contributed by atoms with Crippen molar-refractivity contribution in [2.75, 3.05) is 11.5 Å². The highest BCUT2D eigenvalue weighted by Crippen LogP contribution is 2.26. The minimum absolute atomic E-state index is 0.0935. The Hall–Kier alpha value is -2.35. The van der Waals surface area contributed by atoms with Crippen LogP contribution in [0.15, 0.2) is 60.7 Å². The van der Waals surface area contributed by atoms with Crippen molar-refractivity contribution < 1.29 is 14.3 Å². The zero-order valence-electron chi connectivity index (χ0n) is 17.8. The number of hydrogen-bond donors (Lipinski definition) is 1. The highest BCUT2D eigenvalue weighted by Gasteiger charge is 2.20.